The Hall–Kier alpha value is -3.70. The smallest absolute Gasteiger partial charge is 0.352 e. The van der Waals surface area contributed by atoms with Crippen LogP contribution < -0.4 is 10.6 Å². The Morgan fingerprint density at radius 2 is 1.97 bits per heavy atom. The van der Waals surface area contributed by atoms with E-state index in [1.807, 2.05) is 0 Å². The molecule has 0 saturated carbocycles. The third kappa shape index (κ3) is 6.66. The average molecular weight is 604 g/mol. The molecule has 0 aromatic carbocycles. The van der Waals surface area contributed by atoms with E-state index in [2.05, 4.69) is 20.8 Å². The number of rotatable bonds is 11. The number of hydrogen-bond donors (Lipinski definition) is 4. The monoisotopic (exact) mass is 603 g/mol. The largest absolute Gasteiger partial charge is 0.478 e. The van der Waals surface area contributed by atoms with Gasteiger partial charge in [-0.15, -0.1) is 34.7 Å². The molecule has 0 radical (unpaired) electrons. The van der Waals surface area contributed by atoms with Crippen LogP contribution in [-0.2, 0) is 38.3 Å². The van der Waals surface area contributed by atoms with Crippen LogP contribution in [0.1, 0.15) is 26.5 Å². The number of aliphatic carboxylic acids is 2. The number of carbonyl (C=O) groups is 6. The number of amides is 3. The Labute approximate surface area is 233 Å². The number of thioether (sulfide) groups is 1. The maximum atomic E-state index is 13.2. The van der Waals surface area contributed by atoms with Gasteiger partial charge in [0.25, 0.3) is 11.8 Å². The molecule has 2 atom stereocenters. The molecule has 0 unspecified atom stereocenters. The van der Waals surface area contributed by atoms with Crippen LogP contribution in [0.4, 0.5) is 5.13 Å². The van der Waals surface area contributed by atoms with Crippen LogP contribution in [0.2, 0.25) is 0 Å². The molecule has 0 aliphatic carbocycles. The lowest BCUT2D eigenvalue weighted by Crippen LogP contribution is -2.71. The number of nitrogens with zero attached hydrogens (tertiary/aromatic N) is 3. The van der Waals surface area contributed by atoms with Crippen LogP contribution in [0.3, 0.4) is 0 Å². The van der Waals surface area contributed by atoms with Gasteiger partial charge < -0.3 is 30.4 Å². The molecular weight excluding hydrogens is 582 g/mol. The highest BCUT2D eigenvalue weighted by molar-refractivity contribution is 8.00. The number of nitrogens with one attached hydrogen (secondary N) is 2. The average Bonchev–Trinajstić information content (AvgIpc) is 3.32. The number of alkyl halides is 1. The SMILES string of the molecule is CC(=O)OCC1=C(C(=O)O)N2C(=O)[C@@H](NC(=O)/C(=N\OC(C)(C)C(=O)O)c3csc(NC(=O)CCl)n3)[C@H]2SC1. The zero-order chi connectivity index (χ0) is 29.1. The highest BCUT2D eigenvalue weighted by Crippen LogP contribution is 2.40. The van der Waals surface area contributed by atoms with Crippen molar-refractivity contribution in [2.45, 2.75) is 37.8 Å². The molecule has 1 aromatic rings. The fourth-order valence-corrected chi connectivity index (χ4v) is 5.29. The fraction of sp³-hybridized carbons (Fsp3) is 0.429. The van der Waals surface area contributed by atoms with Crippen molar-refractivity contribution in [3.8, 4) is 0 Å². The zero-order valence-electron chi connectivity index (χ0n) is 20.5. The first-order chi connectivity index (χ1) is 18.3. The number of thiazole rings is 1. The summed E-state index contributed by atoms with van der Waals surface area (Å²) in [5.74, 6) is -5.90. The summed E-state index contributed by atoms with van der Waals surface area (Å²) in [5.41, 5.74) is -2.55. The number of esters is 1. The molecule has 210 valence electrons. The number of carboxylic acids is 2. The van der Waals surface area contributed by atoms with Crippen molar-refractivity contribution in [3.63, 3.8) is 0 Å². The molecule has 4 N–H and O–H groups in total. The molecular formula is C21H22ClN5O10S2. The van der Waals surface area contributed by atoms with Gasteiger partial charge in [0, 0.05) is 23.6 Å². The number of ether oxygens (including phenoxy) is 1. The Balaban J connectivity index is 1.85. The highest BCUT2D eigenvalue weighted by Gasteiger charge is 2.54. The minimum absolute atomic E-state index is 0.0684. The van der Waals surface area contributed by atoms with E-state index in [0.717, 1.165) is 34.9 Å². The van der Waals surface area contributed by atoms with E-state index in [4.69, 9.17) is 21.2 Å². The molecule has 3 rings (SSSR count). The van der Waals surface area contributed by atoms with Crippen molar-refractivity contribution >= 4 is 81.2 Å². The highest BCUT2D eigenvalue weighted by atomic mass is 35.5. The Kier molecular flexibility index (Phi) is 9.18. The van der Waals surface area contributed by atoms with Crippen molar-refractivity contribution in [3.05, 3.63) is 22.3 Å². The molecule has 3 amide bonds. The van der Waals surface area contributed by atoms with E-state index in [9.17, 15) is 39.0 Å². The van der Waals surface area contributed by atoms with Gasteiger partial charge in [0.05, 0.1) is 0 Å². The summed E-state index contributed by atoms with van der Waals surface area (Å²) in [6.07, 6.45) is 0. The van der Waals surface area contributed by atoms with Crippen molar-refractivity contribution in [1.82, 2.24) is 15.2 Å². The standard InChI is InChI=1S/C21H22ClN5O10S2/c1-8(28)36-5-9-6-38-17-13(16(31)27(17)14(9)18(32)33)25-15(30)12(26-37-21(2,3)19(34)35)10-7-39-20(23-10)24-11(29)4-22/h7,13,17H,4-6H2,1-3H3,(H,25,30)(H,32,33)(H,34,35)(H,23,24,29)/b26-12-/t13-,17-/m1/s1. The first kappa shape index (κ1) is 29.9. The second kappa shape index (κ2) is 12.0. The van der Waals surface area contributed by atoms with Gasteiger partial charge in [0.2, 0.25) is 11.5 Å². The van der Waals surface area contributed by atoms with Gasteiger partial charge in [0.15, 0.2) is 10.8 Å². The van der Waals surface area contributed by atoms with E-state index < -0.39 is 58.4 Å². The lowest BCUT2D eigenvalue weighted by atomic mass is 10.0. The van der Waals surface area contributed by atoms with Gasteiger partial charge in [-0.05, 0) is 13.8 Å². The minimum Gasteiger partial charge on any atom is -0.478 e. The predicted octanol–water partition coefficient (Wildman–Crippen LogP) is 0.206. The summed E-state index contributed by atoms with van der Waals surface area (Å²) in [7, 11) is 0. The molecule has 1 aromatic heterocycles. The molecule has 0 spiro atoms. The number of oxime groups is 1. The van der Waals surface area contributed by atoms with E-state index >= 15 is 0 Å². The van der Waals surface area contributed by atoms with E-state index in [1.165, 1.54) is 19.2 Å². The quantitative estimate of drug-likeness (QED) is 0.0878. The van der Waals surface area contributed by atoms with E-state index in [-0.39, 0.29) is 40.3 Å². The molecule has 15 nitrogen and oxygen atoms in total. The zero-order valence-corrected chi connectivity index (χ0v) is 22.9. The molecule has 39 heavy (non-hydrogen) atoms. The van der Waals surface area contributed by atoms with Crippen LogP contribution in [-0.4, -0.2) is 96.7 Å². The number of fused-ring (bicyclic) bond motifs is 1. The van der Waals surface area contributed by atoms with Crippen LogP contribution in [0.5, 0.6) is 0 Å². The van der Waals surface area contributed by atoms with Crippen LogP contribution >= 0.6 is 34.7 Å². The number of aromatic nitrogens is 1. The molecule has 2 aliphatic rings. The van der Waals surface area contributed by atoms with Gasteiger partial charge in [-0.3, -0.25) is 24.1 Å². The molecule has 18 heteroatoms. The van der Waals surface area contributed by atoms with Gasteiger partial charge in [-0.1, -0.05) is 5.16 Å². The summed E-state index contributed by atoms with van der Waals surface area (Å²) in [4.78, 5) is 82.3. The summed E-state index contributed by atoms with van der Waals surface area (Å²) in [6.45, 7) is 3.25. The van der Waals surface area contributed by atoms with Crippen LogP contribution in [0, 0.1) is 0 Å². The van der Waals surface area contributed by atoms with Gasteiger partial charge in [0.1, 0.15) is 35.3 Å². The number of carbonyl (C=O) groups excluding carboxylic acids is 4. The molecule has 1 saturated heterocycles. The molecule has 1 fully saturated rings. The second-order valence-corrected chi connectivity index (χ2v) is 10.7. The lowest BCUT2D eigenvalue weighted by Gasteiger charge is -2.49. The molecule has 2 aliphatic heterocycles. The number of anilines is 1. The van der Waals surface area contributed by atoms with Gasteiger partial charge in [-0.2, -0.15) is 0 Å². The Morgan fingerprint density at radius 3 is 2.56 bits per heavy atom. The number of halogens is 1. The third-order valence-electron chi connectivity index (χ3n) is 5.20. The van der Waals surface area contributed by atoms with Crippen LogP contribution in [0.25, 0.3) is 0 Å². The maximum absolute atomic E-state index is 13.2. The number of β-lactam (4-membered cyclic amide) rings is 1. The predicted molar refractivity (Wildman–Crippen MR) is 137 cm³/mol. The summed E-state index contributed by atoms with van der Waals surface area (Å²) >= 11 is 7.54. The first-order valence-electron chi connectivity index (χ1n) is 10.9. The minimum atomic E-state index is -1.83. The fourth-order valence-electron chi connectivity index (χ4n) is 3.19. The normalized spacial score (nSPS) is 19.0. The van der Waals surface area contributed by atoms with Gasteiger partial charge >= 0.3 is 17.9 Å². The summed E-state index contributed by atoms with van der Waals surface area (Å²) < 4.78 is 4.89. The van der Waals surface area contributed by atoms with E-state index in [0.29, 0.717) is 0 Å². The van der Waals surface area contributed by atoms with E-state index in [1.54, 1.807) is 0 Å². The summed E-state index contributed by atoms with van der Waals surface area (Å²) in [6, 6.07) is -1.17. The van der Waals surface area contributed by atoms with Crippen molar-refractivity contribution in [2.24, 2.45) is 5.16 Å². The Bertz CT molecular complexity index is 1290. The molecule has 0 bridgehead atoms. The Morgan fingerprint density at radius 1 is 1.28 bits per heavy atom. The number of carboxylic acid groups (broad SMARTS) is 2. The van der Waals surface area contributed by atoms with Crippen molar-refractivity contribution in [2.75, 3.05) is 23.6 Å². The van der Waals surface area contributed by atoms with Gasteiger partial charge in [-0.25, -0.2) is 14.6 Å². The topological polar surface area (TPSA) is 214 Å². The maximum Gasteiger partial charge on any atom is 0.352 e. The second-order valence-electron chi connectivity index (χ2n) is 8.46. The van der Waals surface area contributed by atoms with Crippen LogP contribution in [0.15, 0.2) is 21.8 Å². The first-order valence-corrected chi connectivity index (χ1v) is 13.4. The number of hydrogen-bond acceptors (Lipinski definition) is 12. The van der Waals surface area contributed by atoms with Crippen molar-refractivity contribution in [1.29, 1.82) is 0 Å². The van der Waals surface area contributed by atoms with Crippen molar-refractivity contribution < 1.29 is 48.6 Å². The third-order valence-corrected chi connectivity index (χ3v) is 7.54. The molecule has 3 heterocycles. The summed E-state index contributed by atoms with van der Waals surface area (Å²) in [5, 5.41) is 28.1. The lowest BCUT2D eigenvalue weighted by molar-refractivity contribution is -0.161.